The number of nitrogens with zero attached hydrogens (tertiary/aromatic N) is 2. The van der Waals surface area contributed by atoms with Gasteiger partial charge in [0.2, 0.25) is 0 Å². The second kappa shape index (κ2) is 7.78. The van der Waals surface area contributed by atoms with Gasteiger partial charge in [-0.3, -0.25) is 9.69 Å². The highest BCUT2D eigenvalue weighted by Gasteiger charge is 2.34. The molecule has 5 nitrogen and oxygen atoms in total. The molecule has 0 radical (unpaired) electrons. The van der Waals surface area contributed by atoms with Crippen molar-refractivity contribution in [2.45, 2.75) is 31.6 Å². The molecule has 24 heavy (non-hydrogen) atoms. The van der Waals surface area contributed by atoms with Crippen molar-refractivity contribution in [3.05, 3.63) is 34.6 Å². The predicted octanol–water partition coefficient (Wildman–Crippen LogP) is 1.63. The largest absolute Gasteiger partial charge is 0.364 e. The summed E-state index contributed by atoms with van der Waals surface area (Å²) in [5.74, 6) is -0.234. The van der Waals surface area contributed by atoms with Crippen LogP contribution in [0.2, 0.25) is 5.02 Å². The molecule has 0 bridgehead atoms. The summed E-state index contributed by atoms with van der Waals surface area (Å²) in [6.07, 6.45) is 1.24. The maximum Gasteiger partial charge on any atom is 0.251 e. The summed E-state index contributed by atoms with van der Waals surface area (Å²) in [6.45, 7) is 3.56. The van der Waals surface area contributed by atoms with Crippen molar-refractivity contribution in [3.63, 3.8) is 0 Å². The minimum absolute atomic E-state index is 0.00318. The molecule has 2 heterocycles. The number of hydrogen-bond acceptors (Lipinski definition) is 4. The number of piperazine rings is 1. The molecule has 2 aliphatic rings. The van der Waals surface area contributed by atoms with Gasteiger partial charge in [-0.25, -0.2) is 4.39 Å². The Morgan fingerprint density at radius 1 is 1.29 bits per heavy atom. The van der Waals surface area contributed by atoms with Crippen LogP contribution in [0.1, 0.15) is 18.4 Å². The summed E-state index contributed by atoms with van der Waals surface area (Å²) < 4.78 is 19.6. The third-order valence-electron chi connectivity index (χ3n) is 4.77. The Morgan fingerprint density at radius 2 is 2.04 bits per heavy atom. The number of ether oxygens (including phenoxy) is 1. The lowest BCUT2D eigenvalue weighted by Gasteiger charge is -2.36. The van der Waals surface area contributed by atoms with E-state index < -0.39 is 0 Å². The fraction of sp³-hybridized carbons (Fsp3) is 0.588. The van der Waals surface area contributed by atoms with Crippen LogP contribution in [0.25, 0.3) is 0 Å². The van der Waals surface area contributed by atoms with Crippen LogP contribution in [0.4, 0.5) is 4.39 Å². The van der Waals surface area contributed by atoms with Gasteiger partial charge in [0.05, 0.1) is 6.10 Å². The first-order valence-electron chi connectivity index (χ1n) is 8.38. The van der Waals surface area contributed by atoms with E-state index in [0.29, 0.717) is 49.9 Å². The van der Waals surface area contributed by atoms with Crippen molar-refractivity contribution < 1.29 is 13.9 Å². The molecule has 2 N–H and O–H groups in total. The van der Waals surface area contributed by atoms with E-state index in [4.69, 9.17) is 22.1 Å². The molecule has 0 saturated carbocycles. The van der Waals surface area contributed by atoms with Crippen molar-refractivity contribution in [3.8, 4) is 0 Å². The Kier molecular flexibility index (Phi) is 5.71. The van der Waals surface area contributed by atoms with Gasteiger partial charge in [-0.1, -0.05) is 17.7 Å². The zero-order valence-electron chi connectivity index (χ0n) is 13.6. The van der Waals surface area contributed by atoms with E-state index in [0.717, 1.165) is 12.8 Å². The Hall–Kier alpha value is -1.21. The van der Waals surface area contributed by atoms with Gasteiger partial charge in [0.1, 0.15) is 11.9 Å². The first kappa shape index (κ1) is 17.6. The zero-order chi connectivity index (χ0) is 17.1. The lowest BCUT2D eigenvalue weighted by molar-refractivity contribution is -0.144. The quantitative estimate of drug-likeness (QED) is 0.891. The lowest BCUT2D eigenvalue weighted by atomic mass is 10.1. The molecule has 132 valence electrons. The monoisotopic (exact) mass is 355 g/mol. The molecular weight excluding hydrogens is 333 g/mol. The normalized spacial score (nSPS) is 25.2. The SMILES string of the molecule is NC[C@H]1CC[C@@H](C(=O)N2CCN(Cc3c(F)cccc3Cl)CC2)O1. The van der Waals surface area contributed by atoms with Gasteiger partial charge in [0, 0.05) is 49.9 Å². The third-order valence-corrected chi connectivity index (χ3v) is 5.13. The number of rotatable bonds is 4. The highest BCUT2D eigenvalue weighted by atomic mass is 35.5. The molecule has 0 unspecified atom stereocenters. The minimum atomic E-state index is -0.355. The van der Waals surface area contributed by atoms with Crippen molar-refractivity contribution >= 4 is 17.5 Å². The summed E-state index contributed by atoms with van der Waals surface area (Å²) in [7, 11) is 0. The number of amides is 1. The molecule has 0 aliphatic carbocycles. The van der Waals surface area contributed by atoms with Gasteiger partial charge >= 0.3 is 0 Å². The van der Waals surface area contributed by atoms with E-state index in [1.807, 2.05) is 4.90 Å². The smallest absolute Gasteiger partial charge is 0.251 e. The van der Waals surface area contributed by atoms with Gasteiger partial charge < -0.3 is 15.4 Å². The van der Waals surface area contributed by atoms with E-state index in [2.05, 4.69) is 4.90 Å². The van der Waals surface area contributed by atoms with E-state index in [-0.39, 0.29) is 23.9 Å². The molecule has 0 aromatic heterocycles. The predicted molar refractivity (Wildman–Crippen MR) is 90.2 cm³/mol. The van der Waals surface area contributed by atoms with Crippen molar-refractivity contribution in [2.24, 2.45) is 5.73 Å². The van der Waals surface area contributed by atoms with Crippen LogP contribution >= 0.6 is 11.6 Å². The summed E-state index contributed by atoms with van der Waals surface area (Å²) in [6, 6.07) is 4.73. The van der Waals surface area contributed by atoms with Gasteiger partial charge in [0.25, 0.3) is 5.91 Å². The Morgan fingerprint density at radius 3 is 2.67 bits per heavy atom. The number of carbonyl (C=O) groups excluding carboxylic acids is 1. The van der Waals surface area contributed by atoms with Crippen LogP contribution in [-0.2, 0) is 16.1 Å². The Balaban J connectivity index is 1.52. The van der Waals surface area contributed by atoms with Crippen LogP contribution in [-0.4, -0.2) is 60.6 Å². The Labute approximate surface area is 146 Å². The fourth-order valence-corrected chi connectivity index (χ4v) is 3.52. The summed E-state index contributed by atoms with van der Waals surface area (Å²) in [4.78, 5) is 16.4. The van der Waals surface area contributed by atoms with Gasteiger partial charge in [-0.05, 0) is 25.0 Å². The number of halogens is 2. The average molecular weight is 356 g/mol. The van der Waals surface area contributed by atoms with Crippen molar-refractivity contribution in [1.82, 2.24) is 9.80 Å². The van der Waals surface area contributed by atoms with Gasteiger partial charge in [0.15, 0.2) is 0 Å². The maximum absolute atomic E-state index is 13.9. The number of hydrogen-bond donors (Lipinski definition) is 1. The van der Waals surface area contributed by atoms with Crippen molar-refractivity contribution in [1.29, 1.82) is 0 Å². The van der Waals surface area contributed by atoms with E-state index in [9.17, 15) is 9.18 Å². The molecule has 3 rings (SSSR count). The minimum Gasteiger partial charge on any atom is -0.364 e. The molecule has 1 aromatic rings. The molecule has 0 spiro atoms. The lowest BCUT2D eigenvalue weighted by Crippen LogP contribution is -2.51. The molecule has 1 amide bonds. The second-order valence-corrected chi connectivity index (χ2v) is 6.77. The summed E-state index contributed by atoms with van der Waals surface area (Å²) in [5.41, 5.74) is 6.11. The number of benzene rings is 1. The van der Waals surface area contributed by atoms with Gasteiger partial charge in [-0.15, -0.1) is 0 Å². The molecule has 2 saturated heterocycles. The average Bonchev–Trinajstić information content (AvgIpc) is 3.07. The molecule has 2 atom stereocenters. The summed E-state index contributed by atoms with van der Waals surface area (Å²) in [5, 5.41) is 0.445. The molecule has 2 aliphatic heterocycles. The van der Waals surface area contributed by atoms with Crippen molar-refractivity contribution in [2.75, 3.05) is 32.7 Å². The van der Waals surface area contributed by atoms with Crippen LogP contribution in [0, 0.1) is 5.82 Å². The number of nitrogens with two attached hydrogens (primary N) is 1. The first-order valence-corrected chi connectivity index (χ1v) is 8.76. The summed E-state index contributed by atoms with van der Waals surface area (Å²) >= 11 is 6.08. The topological polar surface area (TPSA) is 58.8 Å². The van der Waals surface area contributed by atoms with E-state index in [1.54, 1.807) is 12.1 Å². The van der Waals surface area contributed by atoms with Gasteiger partial charge in [-0.2, -0.15) is 0 Å². The van der Waals surface area contributed by atoms with E-state index in [1.165, 1.54) is 6.07 Å². The van der Waals surface area contributed by atoms with Crippen LogP contribution in [0.5, 0.6) is 0 Å². The fourth-order valence-electron chi connectivity index (χ4n) is 3.30. The molecule has 1 aromatic carbocycles. The van der Waals surface area contributed by atoms with Crippen LogP contribution in [0.15, 0.2) is 18.2 Å². The van der Waals surface area contributed by atoms with Crippen LogP contribution < -0.4 is 5.73 Å². The van der Waals surface area contributed by atoms with E-state index >= 15 is 0 Å². The first-order chi connectivity index (χ1) is 11.6. The molecular formula is C17H23ClFN3O2. The standard InChI is InChI=1S/C17H23ClFN3O2/c18-14-2-1-3-15(19)13(14)11-21-6-8-22(9-7-21)17(23)16-5-4-12(10-20)24-16/h1-3,12,16H,4-11,20H2/t12-,16+/m1/s1. The Bertz CT molecular complexity index is 573. The maximum atomic E-state index is 13.9. The molecule has 2 fully saturated rings. The molecule has 7 heteroatoms. The third kappa shape index (κ3) is 3.88. The highest BCUT2D eigenvalue weighted by molar-refractivity contribution is 6.31. The van der Waals surface area contributed by atoms with Crippen LogP contribution in [0.3, 0.4) is 0 Å². The second-order valence-electron chi connectivity index (χ2n) is 6.36. The zero-order valence-corrected chi connectivity index (χ0v) is 14.3. The highest BCUT2D eigenvalue weighted by Crippen LogP contribution is 2.23. The number of carbonyl (C=O) groups is 1.